The molecule has 160 valence electrons. The summed E-state index contributed by atoms with van der Waals surface area (Å²) in [7, 11) is 5.21. The summed E-state index contributed by atoms with van der Waals surface area (Å²) in [5.41, 5.74) is 2.30. The van der Waals surface area contributed by atoms with Crippen LogP contribution in [0.4, 0.5) is 5.69 Å². The molecule has 0 unspecified atom stereocenters. The van der Waals surface area contributed by atoms with Gasteiger partial charge in [0.05, 0.1) is 20.2 Å². The molecular formula is C23H31N5O2. The number of ether oxygens (including phenoxy) is 1. The van der Waals surface area contributed by atoms with Gasteiger partial charge in [-0.3, -0.25) is 4.79 Å². The number of rotatable bonds is 6. The largest absolute Gasteiger partial charge is 0.497 e. The van der Waals surface area contributed by atoms with Crippen LogP contribution in [0, 0.1) is 0 Å². The Balaban J connectivity index is 1.66. The minimum absolute atomic E-state index is 0.0254. The van der Waals surface area contributed by atoms with Crippen molar-refractivity contribution in [1.82, 2.24) is 15.1 Å². The first kappa shape index (κ1) is 21.5. The number of benzene rings is 2. The fourth-order valence-electron chi connectivity index (χ4n) is 3.31. The van der Waals surface area contributed by atoms with Gasteiger partial charge in [-0.1, -0.05) is 36.4 Å². The minimum Gasteiger partial charge on any atom is -0.497 e. The molecule has 0 bridgehead atoms. The number of hydrogen-bond donors (Lipinski definition) is 1. The maximum absolute atomic E-state index is 12.1. The topological polar surface area (TPSA) is 60.4 Å². The molecule has 0 radical (unpaired) electrons. The third-order valence-corrected chi connectivity index (χ3v) is 5.15. The number of methoxy groups -OCH3 is 1. The second kappa shape index (κ2) is 10.5. The quantitative estimate of drug-likeness (QED) is 0.585. The first-order valence-corrected chi connectivity index (χ1v) is 10.2. The molecular weight excluding hydrogens is 378 g/mol. The molecule has 7 nitrogen and oxygen atoms in total. The van der Waals surface area contributed by atoms with Gasteiger partial charge in [-0.15, -0.1) is 0 Å². The molecule has 3 rings (SSSR count). The van der Waals surface area contributed by atoms with E-state index in [1.807, 2.05) is 30.3 Å². The lowest BCUT2D eigenvalue weighted by Crippen LogP contribution is -2.53. The second-order valence-electron chi connectivity index (χ2n) is 7.44. The highest BCUT2D eigenvalue weighted by molar-refractivity contribution is 5.86. The summed E-state index contributed by atoms with van der Waals surface area (Å²) >= 11 is 0. The van der Waals surface area contributed by atoms with E-state index in [1.165, 1.54) is 0 Å². The van der Waals surface area contributed by atoms with E-state index in [-0.39, 0.29) is 12.5 Å². The highest BCUT2D eigenvalue weighted by Crippen LogP contribution is 2.22. The van der Waals surface area contributed by atoms with Gasteiger partial charge in [-0.05, 0) is 17.7 Å². The van der Waals surface area contributed by atoms with Crippen LogP contribution in [0.5, 0.6) is 5.75 Å². The zero-order valence-corrected chi connectivity index (χ0v) is 18.0. The summed E-state index contributed by atoms with van der Waals surface area (Å²) in [4.78, 5) is 23.0. The van der Waals surface area contributed by atoms with Gasteiger partial charge in [-0.25, -0.2) is 4.99 Å². The molecule has 1 fully saturated rings. The van der Waals surface area contributed by atoms with E-state index in [0.717, 1.165) is 49.1 Å². The highest BCUT2D eigenvalue weighted by atomic mass is 16.5. The van der Waals surface area contributed by atoms with E-state index in [1.54, 1.807) is 26.1 Å². The molecule has 2 aromatic rings. The van der Waals surface area contributed by atoms with Crippen LogP contribution in [0.15, 0.2) is 59.6 Å². The number of likely N-dealkylation sites (N-methyl/N-ethyl adjacent to an activating group) is 1. The predicted octanol–water partition coefficient (Wildman–Crippen LogP) is 2.05. The first-order valence-electron chi connectivity index (χ1n) is 10.2. The zero-order valence-electron chi connectivity index (χ0n) is 18.0. The summed E-state index contributed by atoms with van der Waals surface area (Å²) in [6.45, 7) is 4.22. The van der Waals surface area contributed by atoms with Crippen LogP contribution < -0.4 is 15.0 Å². The Bertz CT molecular complexity index is 846. The Hall–Kier alpha value is -3.22. The normalized spacial score (nSPS) is 14.4. The molecule has 2 aromatic carbocycles. The second-order valence-corrected chi connectivity index (χ2v) is 7.44. The van der Waals surface area contributed by atoms with Crippen LogP contribution in [-0.4, -0.2) is 75.6 Å². The minimum atomic E-state index is 0.0254. The van der Waals surface area contributed by atoms with Gasteiger partial charge in [0.1, 0.15) is 5.75 Å². The van der Waals surface area contributed by atoms with Crippen LogP contribution in [0.1, 0.15) is 5.56 Å². The van der Waals surface area contributed by atoms with Gasteiger partial charge in [0.2, 0.25) is 5.91 Å². The van der Waals surface area contributed by atoms with E-state index in [4.69, 9.17) is 9.73 Å². The zero-order chi connectivity index (χ0) is 21.3. The Kier molecular flexibility index (Phi) is 7.54. The van der Waals surface area contributed by atoms with E-state index < -0.39 is 0 Å². The van der Waals surface area contributed by atoms with Crippen molar-refractivity contribution in [2.75, 3.05) is 58.8 Å². The van der Waals surface area contributed by atoms with Crippen molar-refractivity contribution in [3.8, 4) is 5.75 Å². The standard InChI is InChI=1S/C23H31N5O2/c1-26(2)22(29)18-25-23(24-17-19-8-5-4-6-9-19)28-14-12-27(13-15-28)20-10-7-11-21(16-20)30-3/h4-11,16H,12-15,17-18H2,1-3H3,(H,24,25). The van der Waals surface area contributed by atoms with E-state index in [9.17, 15) is 4.79 Å². The van der Waals surface area contributed by atoms with Crippen molar-refractivity contribution in [1.29, 1.82) is 0 Å². The van der Waals surface area contributed by atoms with Crippen molar-refractivity contribution < 1.29 is 9.53 Å². The van der Waals surface area contributed by atoms with Gasteiger partial charge in [0, 0.05) is 52.0 Å². The van der Waals surface area contributed by atoms with Crippen LogP contribution in [0.3, 0.4) is 0 Å². The highest BCUT2D eigenvalue weighted by Gasteiger charge is 2.21. The van der Waals surface area contributed by atoms with E-state index in [0.29, 0.717) is 6.54 Å². The van der Waals surface area contributed by atoms with Crippen molar-refractivity contribution >= 4 is 17.6 Å². The molecule has 1 N–H and O–H groups in total. The summed E-state index contributed by atoms with van der Waals surface area (Å²) < 4.78 is 5.35. The number of amides is 1. The van der Waals surface area contributed by atoms with Crippen LogP contribution in [0.2, 0.25) is 0 Å². The van der Waals surface area contributed by atoms with Crippen LogP contribution >= 0.6 is 0 Å². The van der Waals surface area contributed by atoms with Gasteiger partial charge >= 0.3 is 0 Å². The van der Waals surface area contributed by atoms with Crippen molar-refractivity contribution in [3.63, 3.8) is 0 Å². The van der Waals surface area contributed by atoms with E-state index >= 15 is 0 Å². The number of guanidine groups is 1. The fourth-order valence-corrected chi connectivity index (χ4v) is 3.31. The molecule has 1 saturated heterocycles. The molecule has 30 heavy (non-hydrogen) atoms. The smallest absolute Gasteiger partial charge is 0.241 e. The Labute approximate surface area is 178 Å². The molecule has 0 aliphatic carbocycles. The van der Waals surface area contributed by atoms with Crippen LogP contribution in [0.25, 0.3) is 0 Å². The SMILES string of the molecule is COc1cccc(N2CCN(C(=NCc3ccccc3)NCC(=O)N(C)C)CC2)c1. The third-order valence-electron chi connectivity index (χ3n) is 5.15. The monoisotopic (exact) mass is 409 g/mol. The molecule has 1 heterocycles. The lowest BCUT2D eigenvalue weighted by atomic mass is 10.2. The maximum Gasteiger partial charge on any atom is 0.241 e. The fraction of sp³-hybridized carbons (Fsp3) is 0.391. The molecule has 0 saturated carbocycles. The first-order chi connectivity index (χ1) is 14.6. The number of piperazine rings is 1. The van der Waals surface area contributed by atoms with Gasteiger partial charge in [0.25, 0.3) is 0 Å². The number of anilines is 1. The number of nitrogens with one attached hydrogen (secondary N) is 1. The summed E-state index contributed by atoms with van der Waals surface area (Å²) in [5, 5.41) is 3.26. The molecule has 1 aliphatic rings. The van der Waals surface area contributed by atoms with Gasteiger partial charge in [-0.2, -0.15) is 0 Å². The Morgan fingerprint density at radius 2 is 1.80 bits per heavy atom. The average molecular weight is 410 g/mol. The number of carbonyl (C=O) groups excluding carboxylic acids is 1. The average Bonchev–Trinajstić information content (AvgIpc) is 2.79. The summed E-state index contributed by atoms with van der Waals surface area (Å²) in [6.07, 6.45) is 0. The number of aliphatic imine (C=N–C) groups is 1. The van der Waals surface area contributed by atoms with Crippen LogP contribution in [-0.2, 0) is 11.3 Å². The third kappa shape index (κ3) is 5.89. The number of hydrogen-bond acceptors (Lipinski definition) is 4. The van der Waals surface area contributed by atoms with Crippen molar-refractivity contribution in [3.05, 3.63) is 60.2 Å². The number of nitrogens with zero attached hydrogens (tertiary/aromatic N) is 4. The molecule has 0 spiro atoms. The maximum atomic E-state index is 12.1. The number of carbonyl (C=O) groups is 1. The molecule has 1 amide bonds. The molecule has 1 aliphatic heterocycles. The molecule has 7 heteroatoms. The summed E-state index contributed by atoms with van der Waals surface area (Å²) in [5.74, 6) is 1.67. The van der Waals surface area contributed by atoms with Gasteiger partial charge < -0.3 is 24.8 Å². The Morgan fingerprint density at radius 1 is 1.07 bits per heavy atom. The summed E-state index contributed by atoms with van der Waals surface area (Å²) in [6, 6.07) is 18.3. The lowest BCUT2D eigenvalue weighted by molar-refractivity contribution is -0.127. The van der Waals surface area contributed by atoms with Gasteiger partial charge in [0.15, 0.2) is 5.96 Å². The lowest BCUT2D eigenvalue weighted by Gasteiger charge is -2.38. The molecule has 0 atom stereocenters. The molecule has 0 aromatic heterocycles. The predicted molar refractivity (Wildman–Crippen MR) is 121 cm³/mol. The van der Waals surface area contributed by atoms with Crippen molar-refractivity contribution in [2.45, 2.75) is 6.54 Å². The van der Waals surface area contributed by atoms with E-state index in [2.05, 4.69) is 39.4 Å². The Morgan fingerprint density at radius 3 is 2.47 bits per heavy atom. The van der Waals surface area contributed by atoms with Crippen molar-refractivity contribution in [2.24, 2.45) is 4.99 Å².